The molecule has 0 aliphatic heterocycles. The van der Waals surface area contributed by atoms with Crippen molar-refractivity contribution in [1.82, 2.24) is 0 Å². The molecule has 0 heterocycles. The van der Waals surface area contributed by atoms with Gasteiger partial charge in [-0.15, -0.1) is 13.2 Å². The molecule has 0 spiro atoms. The summed E-state index contributed by atoms with van der Waals surface area (Å²) in [5.41, 5.74) is 14.3. The highest BCUT2D eigenvalue weighted by Gasteiger charge is 2.17. The molecule has 2 N–H and O–H groups in total. The van der Waals surface area contributed by atoms with Gasteiger partial charge in [0.15, 0.2) is 0 Å². The van der Waals surface area contributed by atoms with Gasteiger partial charge >= 0.3 is 0 Å². The Hall–Kier alpha value is -1.25. The van der Waals surface area contributed by atoms with E-state index < -0.39 is 0 Å². The Morgan fingerprint density at radius 1 is 1.08 bits per heavy atom. The summed E-state index contributed by atoms with van der Waals surface area (Å²) in [4.78, 5) is 0. The Morgan fingerprint density at radius 3 is 2.12 bits per heavy atom. The highest BCUT2D eigenvalue weighted by molar-refractivity contribution is 9.10. The van der Waals surface area contributed by atoms with Gasteiger partial charge in [0.2, 0.25) is 0 Å². The standard InChI is InChI=1S/C18H21BrClN.C2H6.C2H4/c1-5-6-14-11(3)18(21)16(12(4)17(14)19)13-7-8-15(20)10(2)9-13;2*1-2/h7-9H,5-6,21H2,1-4H3;1-2H3;1-2H2. The first-order chi connectivity index (χ1) is 11.9. The van der Waals surface area contributed by atoms with Gasteiger partial charge in [-0.1, -0.05) is 60.8 Å². The van der Waals surface area contributed by atoms with Crippen LogP contribution in [0.3, 0.4) is 0 Å². The van der Waals surface area contributed by atoms with E-state index in [0.717, 1.165) is 40.2 Å². The summed E-state index contributed by atoms with van der Waals surface area (Å²) >= 11 is 9.90. The van der Waals surface area contributed by atoms with Gasteiger partial charge in [0.05, 0.1) is 0 Å². The van der Waals surface area contributed by atoms with Crippen LogP contribution in [0.2, 0.25) is 5.02 Å². The molecule has 0 aliphatic carbocycles. The summed E-state index contributed by atoms with van der Waals surface area (Å²) < 4.78 is 1.18. The van der Waals surface area contributed by atoms with Crippen LogP contribution in [-0.4, -0.2) is 0 Å². The minimum absolute atomic E-state index is 0.786. The van der Waals surface area contributed by atoms with Crippen molar-refractivity contribution in [2.24, 2.45) is 0 Å². The van der Waals surface area contributed by atoms with E-state index in [9.17, 15) is 0 Å². The third-order valence-corrected chi connectivity index (χ3v) is 5.54. The fraction of sp³-hybridized carbons (Fsp3) is 0.364. The van der Waals surface area contributed by atoms with Gasteiger partial charge in [0.25, 0.3) is 0 Å². The number of aryl methyl sites for hydroxylation is 1. The van der Waals surface area contributed by atoms with E-state index in [4.69, 9.17) is 17.3 Å². The maximum absolute atomic E-state index is 6.45. The number of halogens is 2. The van der Waals surface area contributed by atoms with Crippen molar-refractivity contribution in [3.8, 4) is 11.1 Å². The molecule has 0 saturated heterocycles. The molecule has 0 amide bonds. The van der Waals surface area contributed by atoms with E-state index in [1.807, 2.05) is 32.9 Å². The van der Waals surface area contributed by atoms with Crippen LogP contribution in [0.15, 0.2) is 35.8 Å². The normalized spacial score (nSPS) is 9.60. The predicted molar refractivity (Wildman–Crippen MR) is 120 cm³/mol. The lowest BCUT2D eigenvalue weighted by atomic mass is 9.90. The molecule has 0 saturated carbocycles. The molecule has 2 rings (SSSR count). The van der Waals surface area contributed by atoms with Gasteiger partial charge in [0, 0.05) is 20.7 Å². The van der Waals surface area contributed by atoms with Crippen molar-refractivity contribution >= 4 is 33.2 Å². The molecule has 0 aromatic heterocycles. The monoisotopic (exact) mass is 423 g/mol. The molecule has 0 atom stereocenters. The van der Waals surface area contributed by atoms with Crippen LogP contribution in [0.5, 0.6) is 0 Å². The highest BCUT2D eigenvalue weighted by atomic mass is 79.9. The fourth-order valence-corrected chi connectivity index (χ4v) is 3.58. The van der Waals surface area contributed by atoms with Gasteiger partial charge in [-0.25, -0.2) is 0 Å². The number of nitrogen functional groups attached to an aromatic ring is 1. The second-order valence-corrected chi connectivity index (χ2v) is 6.75. The second kappa shape index (κ2) is 11.4. The second-order valence-electron chi connectivity index (χ2n) is 5.55. The maximum atomic E-state index is 6.45. The van der Waals surface area contributed by atoms with E-state index in [1.165, 1.54) is 21.2 Å². The molecule has 0 fully saturated rings. The Labute approximate surface area is 167 Å². The first-order valence-electron chi connectivity index (χ1n) is 8.72. The summed E-state index contributed by atoms with van der Waals surface area (Å²) in [6, 6.07) is 6.08. The molecule has 2 aromatic carbocycles. The molecule has 3 heteroatoms. The number of anilines is 1. The lowest BCUT2D eigenvalue weighted by Crippen LogP contribution is -2.03. The molecule has 1 nitrogen and oxygen atoms in total. The van der Waals surface area contributed by atoms with Gasteiger partial charge < -0.3 is 5.73 Å². The smallest absolute Gasteiger partial charge is 0.0435 e. The molecule has 0 radical (unpaired) electrons. The molecule has 25 heavy (non-hydrogen) atoms. The molecule has 0 unspecified atom stereocenters. The molecule has 138 valence electrons. The number of benzene rings is 2. The molecule has 0 aliphatic rings. The number of hydrogen-bond acceptors (Lipinski definition) is 1. The Kier molecular flexibility index (Phi) is 10.8. The number of hydrogen-bond donors (Lipinski definition) is 1. The largest absolute Gasteiger partial charge is 0.398 e. The maximum Gasteiger partial charge on any atom is 0.0435 e. The zero-order valence-corrected chi connectivity index (χ0v) is 18.7. The van der Waals surface area contributed by atoms with E-state index in [2.05, 4.69) is 55.9 Å². The van der Waals surface area contributed by atoms with Gasteiger partial charge in [0.1, 0.15) is 0 Å². The third kappa shape index (κ3) is 5.36. The topological polar surface area (TPSA) is 26.0 Å². The van der Waals surface area contributed by atoms with Crippen LogP contribution in [0.1, 0.15) is 49.4 Å². The zero-order valence-electron chi connectivity index (χ0n) is 16.4. The Bertz CT molecular complexity index is 679. The van der Waals surface area contributed by atoms with Crippen LogP contribution >= 0.6 is 27.5 Å². The summed E-state index contributed by atoms with van der Waals surface area (Å²) in [6.07, 6.45) is 2.15. The van der Waals surface area contributed by atoms with Crippen molar-refractivity contribution in [3.05, 3.63) is 63.1 Å². The summed E-state index contributed by atoms with van der Waals surface area (Å²) in [5.74, 6) is 0. The third-order valence-electron chi connectivity index (χ3n) is 4.04. The lowest BCUT2D eigenvalue weighted by Gasteiger charge is -2.19. The van der Waals surface area contributed by atoms with Gasteiger partial charge in [-0.05, 0) is 67.1 Å². The Morgan fingerprint density at radius 2 is 1.64 bits per heavy atom. The number of rotatable bonds is 3. The van der Waals surface area contributed by atoms with E-state index in [0.29, 0.717) is 0 Å². The van der Waals surface area contributed by atoms with Crippen LogP contribution < -0.4 is 5.73 Å². The summed E-state index contributed by atoms with van der Waals surface area (Å²) in [7, 11) is 0. The van der Waals surface area contributed by atoms with Crippen molar-refractivity contribution in [1.29, 1.82) is 0 Å². The minimum atomic E-state index is 0.786. The van der Waals surface area contributed by atoms with Gasteiger partial charge in [-0.3, -0.25) is 0 Å². The van der Waals surface area contributed by atoms with E-state index in [1.54, 1.807) is 0 Å². The van der Waals surface area contributed by atoms with Crippen molar-refractivity contribution in [2.75, 3.05) is 5.73 Å². The Balaban J connectivity index is 0.00000134. The highest BCUT2D eigenvalue weighted by Crippen LogP contribution is 2.40. The first-order valence-corrected chi connectivity index (χ1v) is 9.89. The molecular formula is C22H31BrClN. The van der Waals surface area contributed by atoms with Crippen molar-refractivity contribution in [2.45, 2.75) is 54.4 Å². The van der Waals surface area contributed by atoms with Crippen LogP contribution in [0.25, 0.3) is 11.1 Å². The minimum Gasteiger partial charge on any atom is -0.398 e. The van der Waals surface area contributed by atoms with Crippen molar-refractivity contribution in [3.63, 3.8) is 0 Å². The SMILES string of the molecule is C=C.CC.CCCc1c(C)c(N)c(-c2ccc(Cl)c(C)c2)c(C)c1Br. The summed E-state index contributed by atoms with van der Waals surface area (Å²) in [5, 5.41) is 0.786. The van der Waals surface area contributed by atoms with Crippen LogP contribution in [0, 0.1) is 20.8 Å². The zero-order chi connectivity index (χ0) is 19.7. The average molecular weight is 425 g/mol. The lowest BCUT2D eigenvalue weighted by molar-refractivity contribution is 0.906. The van der Waals surface area contributed by atoms with Gasteiger partial charge in [-0.2, -0.15) is 0 Å². The molecule has 0 bridgehead atoms. The summed E-state index contributed by atoms with van der Waals surface area (Å²) in [6.45, 7) is 18.4. The average Bonchev–Trinajstić information content (AvgIpc) is 2.63. The number of nitrogens with two attached hydrogens (primary N) is 1. The molecule has 2 aromatic rings. The van der Waals surface area contributed by atoms with E-state index >= 15 is 0 Å². The van der Waals surface area contributed by atoms with Crippen LogP contribution in [-0.2, 0) is 6.42 Å². The quantitative estimate of drug-likeness (QED) is 0.391. The molecular weight excluding hydrogens is 394 g/mol. The van der Waals surface area contributed by atoms with E-state index in [-0.39, 0.29) is 0 Å². The van der Waals surface area contributed by atoms with Crippen LogP contribution in [0.4, 0.5) is 5.69 Å². The first kappa shape index (κ1) is 23.8. The van der Waals surface area contributed by atoms with Crippen molar-refractivity contribution < 1.29 is 0 Å². The predicted octanol–water partition coefficient (Wildman–Crippen LogP) is 8.06. The fourth-order valence-electron chi connectivity index (χ4n) is 2.77.